The minimum absolute atomic E-state index is 0.0340. The fourth-order valence-electron chi connectivity index (χ4n) is 2.86. The first kappa shape index (κ1) is 13.7. The normalized spacial score (nSPS) is 18.2. The molecule has 3 heterocycles. The lowest BCUT2D eigenvalue weighted by Gasteiger charge is -2.24. The molecule has 0 saturated carbocycles. The molecule has 1 saturated heterocycles. The Labute approximate surface area is 123 Å². The van der Waals surface area contributed by atoms with Crippen molar-refractivity contribution < 1.29 is 9.32 Å². The van der Waals surface area contributed by atoms with E-state index in [9.17, 15) is 4.79 Å². The summed E-state index contributed by atoms with van der Waals surface area (Å²) >= 11 is 0. The summed E-state index contributed by atoms with van der Waals surface area (Å²) in [5, 5.41) is 3.90. The van der Waals surface area contributed by atoms with Gasteiger partial charge in [-0.25, -0.2) is 0 Å². The van der Waals surface area contributed by atoms with Crippen LogP contribution in [-0.2, 0) is 11.2 Å². The maximum absolute atomic E-state index is 12.6. The number of carbonyl (C=O) groups is 1. The van der Waals surface area contributed by atoms with E-state index in [2.05, 4.69) is 15.1 Å². The Kier molecular flexibility index (Phi) is 3.68. The topological polar surface area (TPSA) is 72.1 Å². The van der Waals surface area contributed by atoms with E-state index in [0.29, 0.717) is 6.42 Å². The van der Waals surface area contributed by atoms with Gasteiger partial charge in [0.2, 0.25) is 5.91 Å². The molecule has 1 amide bonds. The monoisotopic (exact) mass is 286 g/mol. The summed E-state index contributed by atoms with van der Waals surface area (Å²) in [6.07, 6.45) is 7.32. The van der Waals surface area contributed by atoms with Gasteiger partial charge in [-0.2, -0.15) is 0 Å². The molecule has 0 N–H and O–H groups in total. The van der Waals surface area contributed by atoms with Crippen LogP contribution >= 0.6 is 0 Å². The van der Waals surface area contributed by atoms with Crippen molar-refractivity contribution in [2.45, 2.75) is 39.2 Å². The standard InChI is InChI=1S/C15H18N4O2/c1-10-12(11(2)21-18-10)8-15(20)19-7-3-4-14(19)13-9-16-5-6-17-13/h5-6,9,14H,3-4,7-8H2,1-2H3/t14-/m0/s1. The van der Waals surface area contributed by atoms with Crippen molar-refractivity contribution in [3.05, 3.63) is 41.3 Å². The minimum atomic E-state index is 0.0340. The molecule has 0 spiro atoms. The molecule has 0 bridgehead atoms. The molecular weight excluding hydrogens is 268 g/mol. The predicted octanol–water partition coefficient (Wildman–Crippen LogP) is 1.99. The molecule has 6 heteroatoms. The Balaban J connectivity index is 1.78. The van der Waals surface area contributed by atoms with Crippen molar-refractivity contribution in [3.8, 4) is 0 Å². The Hall–Kier alpha value is -2.24. The van der Waals surface area contributed by atoms with Crippen LogP contribution in [0.1, 0.15) is 41.6 Å². The number of aryl methyl sites for hydroxylation is 2. The van der Waals surface area contributed by atoms with Crippen LogP contribution in [0.4, 0.5) is 0 Å². The molecule has 1 atom stereocenters. The van der Waals surface area contributed by atoms with Crippen LogP contribution in [0.25, 0.3) is 0 Å². The highest BCUT2D eigenvalue weighted by molar-refractivity contribution is 5.80. The van der Waals surface area contributed by atoms with E-state index in [-0.39, 0.29) is 11.9 Å². The third-order valence-corrected chi connectivity index (χ3v) is 4.01. The van der Waals surface area contributed by atoms with Crippen molar-refractivity contribution in [1.82, 2.24) is 20.0 Å². The van der Waals surface area contributed by atoms with Gasteiger partial charge in [-0.05, 0) is 26.7 Å². The average Bonchev–Trinajstić information content (AvgIpc) is 3.10. The van der Waals surface area contributed by atoms with Gasteiger partial charge in [-0.15, -0.1) is 0 Å². The molecular formula is C15H18N4O2. The molecule has 0 radical (unpaired) electrons. The summed E-state index contributed by atoms with van der Waals surface area (Å²) in [6, 6.07) is 0.0340. The highest BCUT2D eigenvalue weighted by atomic mass is 16.5. The number of carbonyl (C=O) groups excluding carboxylic acids is 1. The molecule has 3 rings (SSSR count). The molecule has 2 aromatic heterocycles. The SMILES string of the molecule is Cc1noc(C)c1CC(=O)N1CCC[C@H]1c1cnccn1. The first-order valence-electron chi connectivity index (χ1n) is 7.14. The Morgan fingerprint density at radius 3 is 2.95 bits per heavy atom. The van der Waals surface area contributed by atoms with Gasteiger partial charge in [-0.3, -0.25) is 14.8 Å². The maximum atomic E-state index is 12.6. The van der Waals surface area contributed by atoms with Crippen LogP contribution in [0.5, 0.6) is 0 Å². The van der Waals surface area contributed by atoms with Gasteiger partial charge in [0.15, 0.2) is 0 Å². The molecule has 2 aromatic rings. The molecule has 110 valence electrons. The van der Waals surface area contributed by atoms with Crippen LogP contribution in [0.3, 0.4) is 0 Å². The van der Waals surface area contributed by atoms with E-state index >= 15 is 0 Å². The summed E-state index contributed by atoms with van der Waals surface area (Å²) in [6.45, 7) is 4.47. The third kappa shape index (κ3) is 2.66. The van der Waals surface area contributed by atoms with Gasteiger partial charge in [0.05, 0.1) is 30.0 Å². The van der Waals surface area contributed by atoms with Crippen molar-refractivity contribution >= 4 is 5.91 Å². The lowest BCUT2D eigenvalue weighted by molar-refractivity contribution is -0.131. The number of likely N-dealkylation sites (tertiary alicyclic amines) is 1. The van der Waals surface area contributed by atoms with Crippen molar-refractivity contribution in [2.75, 3.05) is 6.54 Å². The second kappa shape index (κ2) is 5.63. The number of hydrogen-bond acceptors (Lipinski definition) is 5. The Bertz CT molecular complexity index is 619. The van der Waals surface area contributed by atoms with Gasteiger partial charge < -0.3 is 9.42 Å². The molecule has 0 unspecified atom stereocenters. The van der Waals surface area contributed by atoms with E-state index in [1.807, 2.05) is 18.7 Å². The molecule has 6 nitrogen and oxygen atoms in total. The molecule has 1 aliphatic rings. The number of amides is 1. The summed E-state index contributed by atoms with van der Waals surface area (Å²) in [5.41, 5.74) is 2.54. The second-order valence-corrected chi connectivity index (χ2v) is 5.35. The lowest BCUT2D eigenvalue weighted by Crippen LogP contribution is -2.32. The average molecular weight is 286 g/mol. The van der Waals surface area contributed by atoms with Crippen molar-refractivity contribution in [1.29, 1.82) is 0 Å². The molecule has 1 aliphatic heterocycles. The van der Waals surface area contributed by atoms with Crippen LogP contribution in [0, 0.1) is 13.8 Å². The summed E-state index contributed by atoms with van der Waals surface area (Å²) < 4.78 is 5.13. The summed E-state index contributed by atoms with van der Waals surface area (Å²) in [4.78, 5) is 22.9. The van der Waals surface area contributed by atoms with Gasteiger partial charge in [0.25, 0.3) is 0 Å². The highest BCUT2D eigenvalue weighted by Crippen LogP contribution is 2.31. The lowest BCUT2D eigenvalue weighted by atomic mass is 10.1. The van der Waals surface area contributed by atoms with Crippen LogP contribution < -0.4 is 0 Å². The first-order valence-corrected chi connectivity index (χ1v) is 7.14. The molecule has 21 heavy (non-hydrogen) atoms. The number of hydrogen-bond donors (Lipinski definition) is 0. The third-order valence-electron chi connectivity index (χ3n) is 4.01. The van der Waals surface area contributed by atoms with Gasteiger partial charge in [0.1, 0.15) is 5.76 Å². The molecule has 0 aromatic carbocycles. The number of nitrogens with zero attached hydrogens (tertiary/aromatic N) is 4. The zero-order valence-electron chi connectivity index (χ0n) is 12.2. The van der Waals surface area contributed by atoms with Crippen molar-refractivity contribution in [3.63, 3.8) is 0 Å². The minimum Gasteiger partial charge on any atom is -0.361 e. The number of rotatable bonds is 3. The largest absolute Gasteiger partial charge is 0.361 e. The zero-order chi connectivity index (χ0) is 14.8. The van der Waals surface area contributed by atoms with Crippen LogP contribution in [0.15, 0.2) is 23.1 Å². The highest BCUT2D eigenvalue weighted by Gasteiger charge is 2.31. The second-order valence-electron chi connectivity index (χ2n) is 5.35. The molecule has 1 fully saturated rings. The fourth-order valence-corrected chi connectivity index (χ4v) is 2.86. The first-order chi connectivity index (χ1) is 10.2. The van der Waals surface area contributed by atoms with E-state index in [0.717, 1.165) is 42.1 Å². The van der Waals surface area contributed by atoms with Crippen molar-refractivity contribution in [2.24, 2.45) is 0 Å². The van der Waals surface area contributed by atoms with E-state index in [4.69, 9.17) is 4.52 Å². The zero-order valence-corrected chi connectivity index (χ0v) is 12.2. The van der Waals surface area contributed by atoms with Crippen LogP contribution in [-0.4, -0.2) is 32.5 Å². The Morgan fingerprint density at radius 2 is 2.29 bits per heavy atom. The number of aromatic nitrogens is 3. The smallest absolute Gasteiger partial charge is 0.227 e. The summed E-state index contributed by atoms with van der Waals surface area (Å²) in [7, 11) is 0. The maximum Gasteiger partial charge on any atom is 0.227 e. The fraction of sp³-hybridized carbons (Fsp3) is 0.467. The van der Waals surface area contributed by atoms with E-state index in [1.54, 1.807) is 18.6 Å². The quantitative estimate of drug-likeness (QED) is 0.862. The van der Waals surface area contributed by atoms with E-state index in [1.165, 1.54) is 0 Å². The predicted molar refractivity (Wildman–Crippen MR) is 75.4 cm³/mol. The van der Waals surface area contributed by atoms with Gasteiger partial charge in [0, 0.05) is 24.5 Å². The van der Waals surface area contributed by atoms with E-state index < -0.39 is 0 Å². The van der Waals surface area contributed by atoms with Crippen LogP contribution in [0.2, 0.25) is 0 Å². The van der Waals surface area contributed by atoms with Gasteiger partial charge in [-0.1, -0.05) is 5.16 Å². The van der Waals surface area contributed by atoms with Gasteiger partial charge >= 0.3 is 0 Å². The summed E-state index contributed by atoms with van der Waals surface area (Å²) in [5.74, 6) is 0.814. The molecule has 0 aliphatic carbocycles. The Morgan fingerprint density at radius 1 is 1.43 bits per heavy atom.